The highest BCUT2D eigenvalue weighted by molar-refractivity contribution is 7.89. The quantitative estimate of drug-likeness (QED) is 0.529. The molecule has 54 valence electrons. The Bertz CT molecular complexity index is 182. The van der Waals surface area contributed by atoms with E-state index < -0.39 is 10.0 Å². The third-order valence-electron chi connectivity index (χ3n) is 1.13. The van der Waals surface area contributed by atoms with E-state index in [2.05, 4.69) is 0 Å². The zero-order chi connectivity index (χ0) is 6.91. The van der Waals surface area contributed by atoms with Crippen molar-refractivity contribution in [3.05, 3.63) is 0 Å². The van der Waals surface area contributed by atoms with Gasteiger partial charge in [0.25, 0.3) is 0 Å². The summed E-state index contributed by atoms with van der Waals surface area (Å²) in [6.07, 6.45) is 0.696. The van der Waals surface area contributed by atoms with Gasteiger partial charge in [0.05, 0.1) is 18.5 Å². The van der Waals surface area contributed by atoms with Crippen molar-refractivity contribution in [1.29, 1.82) is 0 Å². The van der Waals surface area contributed by atoms with E-state index in [9.17, 15) is 8.42 Å². The number of rotatable bonds is 3. The summed E-state index contributed by atoms with van der Waals surface area (Å²) in [4.78, 5) is 0. The SMILES string of the molecule is NS(=O)(=O)CC[C@H]1CO1. The fourth-order valence-electron chi connectivity index (χ4n) is 0.530. The van der Waals surface area contributed by atoms with Crippen LogP contribution in [0, 0.1) is 0 Å². The first-order chi connectivity index (χ1) is 4.08. The van der Waals surface area contributed by atoms with Gasteiger partial charge < -0.3 is 4.74 Å². The summed E-state index contributed by atoms with van der Waals surface area (Å²) in [5, 5.41) is 4.73. The van der Waals surface area contributed by atoms with Gasteiger partial charge in [-0.05, 0) is 6.42 Å². The Balaban J connectivity index is 2.18. The molecule has 0 bridgehead atoms. The summed E-state index contributed by atoms with van der Waals surface area (Å²) < 4.78 is 25.4. The molecule has 0 unspecified atom stereocenters. The highest BCUT2D eigenvalue weighted by atomic mass is 32.2. The molecule has 1 aliphatic rings. The Morgan fingerprint density at radius 2 is 2.22 bits per heavy atom. The minimum atomic E-state index is -3.26. The van der Waals surface area contributed by atoms with Gasteiger partial charge in [0.1, 0.15) is 0 Å². The molecule has 1 saturated heterocycles. The lowest BCUT2D eigenvalue weighted by atomic mass is 10.4. The monoisotopic (exact) mass is 151 g/mol. The zero-order valence-electron chi connectivity index (χ0n) is 4.91. The summed E-state index contributed by atoms with van der Waals surface area (Å²) in [6.45, 7) is 0.690. The summed E-state index contributed by atoms with van der Waals surface area (Å²) in [6, 6.07) is 0. The third-order valence-corrected chi connectivity index (χ3v) is 1.93. The van der Waals surface area contributed by atoms with Crippen molar-refractivity contribution in [2.24, 2.45) is 5.14 Å². The number of sulfonamides is 1. The molecule has 1 heterocycles. The molecule has 2 N–H and O–H groups in total. The molecule has 0 saturated carbocycles. The van der Waals surface area contributed by atoms with E-state index in [0.29, 0.717) is 13.0 Å². The molecule has 0 aliphatic carbocycles. The van der Waals surface area contributed by atoms with Crippen LogP contribution < -0.4 is 5.14 Å². The van der Waals surface area contributed by atoms with E-state index in [1.807, 2.05) is 0 Å². The van der Waals surface area contributed by atoms with Gasteiger partial charge in [0.2, 0.25) is 10.0 Å². The van der Waals surface area contributed by atoms with Gasteiger partial charge in [-0.1, -0.05) is 0 Å². The molecule has 0 aromatic carbocycles. The predicted octanol–water partition coefficient (Wildman–Crippen LogP) is -0.936. The van der Waals surface area contributed by atoms with Crippen LogP contribution in [0.1, 0.15) is 6.42 Å². The van der Waals surface area contributed by atoms with E-state index in [4.69, 9.17) is 9.88 Å². The fourth-order valence-corrected chi connectivity index (χ4v) is 1.12. The molecule has 0 aromatic heterocycles. The van der Waals surface area contributed by atoms with E-state index in [1.165, 1.54) is 0 Å². The predicted molar refractivity (Wildman–Crippen MR) is 32.3 cm³/mol. The van der Waals surface area contributed by atoms with E-state index in [0.717, 1.165) is 0 Å². The van der Waals surface area contributed by atoms with E-state index >= 15 is 0 Å². The van der Waals surface area contributed by atoms with Gasteiger partial charge in [-0.25, -0.2) is 13.6 Å². The minimum absolute atomic E-state index is 0.0394. The Labute approximate surface area is 54.0 Å². The van der Waals surface area contributed by atoms with Crippen molar-refractivity contribution in [3.8, 4) is 0 Å². The van der Waals surface area contributed by atoms with Crippen LogP contribution in [0.25, 0.3) is 0 Å². The van der Waals surface area contributed by atoms with Crippen LogP contribution in [0.15, 0.2) is 0 Å². The van der Waals surface area contributed by atoms with Crippen LogP contribution in [0.4, 0.5) is 0 Å². The Morgan fingerprint density at radius 3 is 2.56 bits per heavy atom. The van der Waals surface area contributed by atoms with Gasteiger partial charge in [-0.2, -0.15) is 0 Å². The summed E-state index contributed by atoms with van der Waals surface area (Å²) in [5.74, 6) is 0.0394. The molecular formula is C4H9NO3S. The van der Waals surface area contributed by atoms with Crippen molar-refractivity contribution in [2.45, 2.75) is 12.5 Å². The van der Waals surface area contributed by atoms with Gasteiger partial charge in [-0.3, -0.25) is 0 Å². The fraction of sp³-hybridized carbons (Fsp3) is 1.00. The van der Waals surface area contributed by atoms with Crippen molar-refractivity contribution in [3.63, 3.8) is 0 Å². The average molecular weight is 151 g/mol. The van der Waals surface area contributed by atoms with Crippen LogP contribution in [0.2, 0.25) is 0 Å². The van der Waals surface area contributed by atoms with Crippen molar-refractivity contribution < 1.29 is 13.2 Å². The van der Waals surface area contributed by atoms with E-state index in [1.54, 1.807) is 0 Å². The van der Waals surface area contributed by atoms with Gasteiger partial charge >= 0.3 is 0 Å². The maximum Gasteiger partial charge on any atom is 0.209 e. The van der Waals surface area contributed by atoms with Crippen LogP contribution >= 0.6 is 0 Å². The lowest BCUT2D eigenvalue weighted by Crippen LogP contribution is -2.17. The maximum absolute atomic E-state index is 10.3. The number of primary sulfonamides is 1. The second kappa shape index (κ2) is 2.24. The van der Waals surface area contributed by atoms with Gasteiger partial charge in [-0.15, -0.1) is 0 Å². The average Bonchev–Trinajstić information content (AvgIpc) is 2.38. The molecular weight excluding hydrogens is 142 g/mol. The molecule has 1 fully saturated rings. The molecule has 0 spiro atoms. The summed E-state index contributed by atoms with van der Waals surface area (Å²) in [7, 11) is -3.26. The van der Waals surface area contributed by atoms with Crippen LogP contribution in [0.5, 0.6) is 0 Å². The molecule has 1 aliphatic heterocycles. The first kappa shape index (κ1) is 6.98. The Kier molecular flexibility index (Phi) is 1.74. The largest absolute Gasteiger partial charge is 0.373 e. The molecule has 4 nitrogen and oxygen atoms in total. The minimum Gasteiger partial charge on any atom is -0.373 e. The van der Waals surface area contributed by atoms with Gasteiger partial charge in [0, 0.05) is 0 Å². The van der Waals surface area contributed by atoms with Crippen molar-refractivity contribution in [2.75, 3.05) is 12.4 Å². The van der Waals surface area contributed by atoms with Crippen LogP contribution in [-0.2, 0) is 14.8 Å². The molecule has 1 atom stereocenters. The Hall–Kier alpha value is -0.130. The van der Waals surface area contributed by atoms with Gasteiger partial charge in [0.15, 0.2) is 0 Å². The molecule has 1 rings (SSSR count). The number of hydrogen-bond donors (Lipinski definition) is 1. The molecule has 0 aromatic rings. The van der Waals surface area contributed by atoms with E-state index in [-0.39, 0.29) is 11.9 Å². The summed E-state index contributed by atoms with van der Waals surface area (Å²) in [5.41, 5.74) is 0. The number of hydrogen-bond acceptors (Lipinski definition) is 3. The zero-order valence-corrected chi connectivity index (χ0v) is 5.73. The number of epoxide rings is 1. The topological polar surface area (TPSA) is 72.7 Å². The van der Waals surface area contributed by atoms with Crippen molar-refractivity contribution >= 4 is 10.0 Å². The lowest BCUT2D eigenvalue weighted by Gasteiger charge is -1.91. The second-order valence-corrected chi connectivity index (χ2v) is 3.84. The van der Waals surface area contributed by atoms with Crippen LogP contribution in [-0.4, -0.2) is 26.9 Å². The molecule has 0 amide bonds. The lowest BCUT2D eigenvalue weighted by molar-refractivity contribution is 0.403. The highest BCUT2D eigenvalue weighted by Crippen LogP contribution is 2.13. The first-order valence-corrected chi connectivity index (χ1v) is 4.41. The Morgan fingerprint density at radius 1 is 1.67 bits per heavy atom. The molecule has 9 heavy (non-hydrogen) atoms. The normalized spacial score (nSPS) is 26.1. The number of nitrogens with two attached hydrogens (primary N) is 1. The third kappa shape index (κ3) is 3.45. The first-order valence-electron chi connectivity index (χ1n) is 2.70. The van der Waals surface area contributed by atoms with Crippen LogP contribution in [0.3, 0.4) is 0 Å². The second-order valence-electron chi connectivity index (χ2n) is 2.11. The van der Waals surface area contributed by atoms with Crippen molar-refractivity contribution in [1.82, 2.24) is 0 Å². The maximum atomic E-state index is 10.3. The highest BCUT2D eigenvalue weighted by Gasteiger charge is 2.23. The summed E-state index contributed by atoms with van der Waals surface area (Å²) >= 11 is 0. The number of ether oxygens (including phenoxy) is 1. The standard InChI is InChI=1S/C4H9NO3S/c5-9(6,7)2-1-4-3-8-4/h4H,1-3H2,(H2,5,6,7)/t4-/m0/s1. The molecule has 0 radical (unpaired) electrons. The smallest absolute Gasteiger partial charge is 0.209 e. The molecule has 5 heteroatoms.